The van der Waals surface area contributed by atoms with Gasteiger partial charge in [0.05, 0.1) is 6.20 Å². The standard InChI is InChI=1S/C15H18F3N5O/c1-3-10(14(24)20-12-7-8-19-22(12)2)23-11-6-4-5-9(11)13(21-23)15(16,17)18/h7-8,10H,3-6H2,1-2H3,(H,20,24)/t10-/m1/s1. The second-order valence-corrected chi connectivity index (χ2v) is 5.82. The van der Waals surface area contributed by atoms with Crippen molar-refractivity contribution in [2.24, 2.45) is 7.05 Å². The number of hydrogen-bond donors (Lipinski definition) is 1. The molecule has 130 valence electrons. The Balaban J connectivity index is 1.94. The third kappa shape index (κ3) is 2.78. The van der Waals surface area contributed by atoms with E-state index in [9.17, 15) is 18.0 Å². The van der Waals surface area contributed by atoms with Gasteiger partial charge in [-0.1, -0.05) is 6.92 Å². The molecule has 1 amide bonds. The number of halogens is 3. The Morgan fingerprint density at radius 3 is 2.75 bits per heavy atom. The maximum atomic E-state index is 13.2. The molecule has 3 rings (SSSR count). The molecule has 0 aromatic carbocycles. The normalized spacial score (nSPS) is 15.4. The van der Waals surface area contributed by atoms with E-state index in [0.717, 1.165) is 0 Å². The molecule has 24 heavy (non-hydrogen) atoms. The van der Waals surface area contributed by atoms with Gasteiger partial charge in [0.2, 0.25) is 5.91 Å². The molecular formula is C15H18F3N5O. The second-order valence-electron chi connectivity index (χ2n) is 5.82. The number of carbonyl (C=O) groups excluding carboxylic acids is 1. The second kappa shape index (κ2) is 5.95. The minimum atomic E-state index is -4.50. The highest BCUT2D eigenvalue weighted by Gasteiger charge is 2.41. The fraction of sp³-hybridized carbons (Fsp3) is 0.533. The number of rotatable bonds is 4. The summed E-state index contributed by atoms with van der Waals surface area (Å²) in [5.41, 5.74) is -0.106. The number of nitrogens with one attached hydrogen (secondary N) is 1. The number of aryl methyl sites for hydroxylation is 1. The molecule has 6 nitrogen and oxygen atoms in total. The number of aromatic nitrogens is 4. The fourth-order valence-electron chi connectivity index (χ4n) is 3.13. The van der Waals surface area contributed by atoms with Gasteiger partial charge in [0.1, 0.15) is 11.9 Å². The zero-order valence-corrected chi connectivity index (χ0v) is 13.4. The van der Waals surface area contributed by atoms with Crippen LogP contribution in [-0.4, -0.2) is 25.5 Å². The van der Waals surface area contributed by atoms with Crippen molar-refractivity contribution in [1.29, 1.82) is 0 Å². The summed E-state index contributed by atoms with van der Waals surface area (Å²) in [7, 11) is 1.67. The van der Waals surface area contributed by atoms with Crippen LogP contribution in [0.1, 0.15) is 42.8 Å². The third-order valence-electron chi connectivity index (χ3n) is 4.28. The molecular weight excluding hydrogens is 323 g/mol. The molecule has 2 heterocycles. The van der Waals surface area contributed by atoms with E-state index in [1.807, 2.05) is 0 Å². The first-order chi connectivity index (χ1) is 11.3. The van der Waals surface area contributed by atoms with Gasteiger partial charge in [0.25, 0.3) is 0 Å². The molecule has 1 atom stereocenters. The molecule has 0 bridgehead atoms. The molecule has 1 aliphatic rings. The SMILES string of the molecule is CC[C@H](C(=O)Nc1ccnn1C)n1nc(C(F)(F)F)c2c1CCC2. The summed E-state index contributed by atoms with van der Waals surface area (Å²) in [5, 5.41) is 10.4. The summed E-state index contributed by atoms with van der Waals surface area (Å²) >= 11 is 0. The molecule has 0 saturated heterocycles. The van der Waals surface area contributed by atoms with Gasteiger partial charge >= 0.3 is 6.18 Å². The van der Waals surface area contributed by atoms with E-state index in [1.165, 1.54) is 15.6 Å². The summed E-state index contributed by atoms with van der Waals surface area (Å²) in [4.78, 5) is 12.6. The van der Waals surface area contributed by atoms with Crippen molar-refractivity contribution >= 4 is 11.7 Å². The van der Waals surface area contributed by atoms with Crippen molar-refractivity contribution in [2.45, 2.75) is 44.8 Å². The van der Waals surface area contributed by atoms with E-state index in [4.69, 9.17) is 0 Å². The van der Waals surface area contributed by atoms with Crippen LogP contribution in [0.5, 0.6) is 0 Å². The zero-order chi connectivity index (χ0) is 17.5. The topological polar surface area (TPSA) is 64.7 Å². The smallest absolute Gasteiger partial charge is 0.309 e. The van der Waals surface area contributed by atoms with Crippen LogP contribution in [-0.2, 0) is 30.9 Å². The number of carbonyl (C=O) groups is 1. The minimum Gasteiger partial charge on any atom is -0.309 e. The quantitative estimate of drug-likeness (QED) is 0.930. The molecule has 2 aromatic heterocycles. The summed E-state index contributed by atoms with van der Waals surface area (Å²) < 4.78 is 42.3. The van der Waals surface area contributed by atoms with Gasteiger partial charge in [-0.3, -0.25) is 14.2 Å². The number of anilines is 1. The van der Waals surface area contributed by atoms with Crippen molar-refractivity contribution in [3.8, 4) is 0 Å². The highest BCUT2D eigenvalue weighted by Crippen LogP contribution is 2.37. The Labute approximate surface area is 136 Å². The van der Waals surface area contributed by atoms with E-state index in [1.54, 1.807) is 20.0 Å². The van der Waals surface area contributed by atoms with Crippen LogP contribution in [0.15, 0.2) is 12.3 Å². The highest BCUT2D eigenvalue weighted by atomic mass is 19.4. The molecule has 1 aliphatic carbocycles. The summed E-state index contributed by atoms with van der Waals surface area (Å²) in [5.74, 6) is 0.0883. The monoisotopic (exact) mass is 341 g/mol. The first-order valence-corrected chi connectivity index (χ1v) is 7.79. The van der Waals surface area contributed by atoms with Gasteiger partial charge in [-0.2, -0.15) is 23.4 Å². The lowest BCUT2D eigenvalue weighted by Crippen LogP contribution is -2.28. The molecule has 0 saturated carbocycles. The van der Waals surface area contributed by atoms with E-state index in [-0.39, 0.29) is 5.56 Å². The zero-order valence-electron chi connectivity index (χ0n) is 13.4. The summed E-state index contributed by atoms with van der Waals surface area (Å²) in [6.45, 7) is 1.75. The Hall–Kier alpha value is -2.32. The molecule has 9 heteroatoms. The predicted molar refractivity (Wildman–Crippen MR) is 80.4 cm³/mol. The van der Waals surface area contributed by atoms with Crippen LogP contribution < -0.4 is 5.32 Å². The summed E-state index contributed by atoms with van der Waals surface area (Å²) in [6, 6.07) is 0.835. The average molecular weight is 341 g/mol. The predicted octanol–water partition coefficient (Wildman–Crippen LogP) is 2.71. The van der Waals surface area contributed by atoms with Crippen LogP contribution in [0.4, 0.5) is 19.0 Å². The van der Waals surface area contributed by atoms with Crippen molar-refractivity contribution in [3.63, 3.8) is 0 Å². The first kappa shape index (κ1) is 16.5. The number of fused-ring (bicyclic) bond motifs is 1. The molecule has 2 aromatic rings. The van der Waals surface area contributed by atoms with Crippen molar-refractivity contribution in [3.05, 3.63) is 29.2 Å². The van der Waals surface area contributed by atoms with Gasteiger partial charge in [0, 0.05) is 24.4 Å². The molecule has 1 N–H and O–H groups in total. The van der Waals surface area contributed by atoms with Crippen LogP contribution in [0.25, 0.3) is 0 Å². The lowest BCUT2D eigenvalue weighted by Gasteiger charge is -2.18. The molecule has 0 aliphatic heterocycles. The Kier molecular flexibility index (Phi) is 4.10. The average Bonchev–Trinajstić information content (AvgIpc) is 3.17. The van der Waals surface area contributed by atoms with E-state index < -0.39 is 23.8 Å². The van der Waals surface area contributed by atoms with Crippen LogP contribution in [0, 0.1) is 0 Å². The lowest BCUT2D eigenvalue weighted by atomic mass is 10.1. The van der Waals surface area contributed by atoms with Gasteiger partial charge in [0.15, 0.2) is 5.69 Å². The Morgan fingerprint density at radius 1 is 1.42 bits per heavy atom. The summed E-state index contributed by atoms with van der Waals surface area (Å²) in [6.07, 6.45) is -1.12. The molecule has 0 spiro atoms. The van der Waals surface area contributed by atoms with Crippen LogP contribution in [0.3, 0.4) is 0 Å². The van der Waals surface area contributed by atoms with Gasteiger partial charge in [-0.25, -0.2) is 0 Å². The van der Waals surface area contributed by atoms with Gasteiger partial charge in [-0.05, 0) is 25.7 Å². The lowest BCUT2D eigenvalue weighted by molar-refractivity contribution is -0.142. The van der Waals surface area contributed by atoms with Crippen molar-refractivity contribution in [2.75, 3.05) is 5.32 Å². The maximum absolute atomic E-state index is 13.2. The number of hydrogen-bond acceptors (Lipinski definition) is 3. The Bertz CT molecular complexity index is 762. The highest BCUT2D eigenvalue weighted by molar-refractivity contribution is 5.93. The Morgan fingerprint density at radius 2 is 2.17 bits per heavy atom. The van der Waals surface area contributed by atoms with Crippen LogP contribution >= 0.6 is 0 Å². The fourth-order valence-corrected chi connectivity index (χ4v) is 3.13. The van der Waals surface area contributed by atoms with E-state index in [0.29, 0.717) is 37.2 Å². The maximum Gasteiger partial charge on any atom is 0.435 e. The van der Waals surface area contributed by atoms with Gasteiger partial charge in [-0.15, -0.1) is 0 Å². The molecule has 0 radical (unpaired) electrons. The molecule has 0 unspecified atom stereocenters. The van der Waals surface area contributed by atoms with Gasteiger partial charge < -0.3 is 5.32 Å². The van der Waals surface area contributed by atoms with Crippen LogP contribution in [0.2, 0.25) is 0 Å². The van der Waals surface area contributed by atoms with Crippen molar-refractivity contribution in [1.82, 2.24) is 19.6 Å². The van der Waals surface area contributed by atoms with E-state index in [2.05, 4.69) is 15.5 Å². The third-order valence-corrected chi connectivity index (χ3v) is 4.28. The largest absolute Gasteiger partial charge is 0.435 e. The number of alkyl halides is 3. The number of amides is 1. The minimum absolute atomic E-state index is 0.231. The first-order valence-electron chi connectivity index (χ1n) is 7.79. The van der Waals surface area contributed by atoms with E-state index >= 15 is 0 Å². The number of nitrogens with zero attached hydrogens (tertiary/aromatic N) is 4. The molecule has 0 fully saturated rings. The van der Waals surface area contributed by atoms with Crippen molar-refractivity contribution < 1.29 is 18.0 Å².